The van der Waals surface area contributed by atoms with E-state index in [1.54, 1.807) is 12.1 Å². The molecule has 192 valence electrons. The number of benzene rings is 1. The molecular formula is C26H28N6O5. The van der Waals surface area contributed by atoms with Gasteiger partial charge in [0, 0.05) is 24.7 Å². The molecule has 1 unspecified atom stereocenters. The van der Waals surface area contributed by atoms with Crippen LogP contribution < -0.4 is 30.7 Å². The molecule has 2 aliphatic heterocycles. The molecule has 2 aliphatic rings. The van der Waals surface area contributed by atoms with E-state index in [1.165, 1.54) is 4.90 Å². The minimum absolute atomic E-state index is 0.0482. The SMILES string of the molecule is NCCOc1cccc(-c2cccc(CNCCC3CN(c4ccc5c(n4)NC(=O)CO5)C(=O)O3)c2)n1. The van der Waals surface area contributed by atoms with Crippen LogP contribution in [0.2, 0.25) is 0 Å². The smallest absolute Gasteiger partial charge is 0.415 e. The lowest BCUT2D eigenvalue weighted by molar-refractivity contribution is -0.118. The Bertz CT molecular complexity index is 1290. The molecule has 11 nitrogen and oxygen atoms in total. The number of hydrogen-bond donors (Lipinski definition) is 3. The van der Waals surface area contributed by atoms with Crippen molar-refractivity contribution in [1.82, 2.24) is 15.3 Å². The number of nitrogens with one attached hydrogen (secondary N) is 2. The lowest BCUT2D eigenvalue weighted by Crippen LogP contribution is -2.29. The lowest BCUT2D eigenvalue weighted by atomic mass is 10.1. The molecule has 2 aromatic heterocycles. The van der Waals surface area contributed by atoms with Gasteiger partial charge in [-0.05, 0) is 42.8 Å². The molecule has 1 atom stereocenters. The number of carbonyl (C=O) groups excluding carboxylic acids is 2. The Kier molecular flexibility index (Phi) is 7.43. The molecule has 1 fully saturated rings. The third kappa shape index (κ3) is 5.96. The fourth-order valence-electron chi connectivity index (χ4n) is 4.12. The molecule has 1 aromatic carbocycles. The molecular weight excluding hydrogens is 476 g/mol. The largest absolute Gasteiger partial charge is 0.480 e. The maximum Gasteiger partial charge on any atom is 0.415 e. The van der Waals surface area contributed by atoms with E-state index in [-0.39, 0.29) is 18.6 Å². The highest BCUT2D eigenvalue weighted by atomic mass is 16.6. The van der Waals surface area contributed by atoms with Crippen LogP contribution in [0.25, 0.3) is 11.3 Å². The minimum Gasteiger partial charge on any atom is -0.480 e. The zero-order valence-corrected chi connectivity index (χ0v) is 20.2. The predicted molar refractivity (Wildman–Crippen MR) is 137 cm³/mol. The van der Waals surface area contributed by atoms with E-state index in [0.717, 1.165) is 16.8 Å². The molecule has 37 heavy (non-hydrogen) atoms. The Morgan fingerprint density at radius 1 is 1.14 bits per heavy atom. The summed E-state index contributed by atoms with van der Waals surface area (Å²) in [4.78, 5) is 34.4. The summed E-state index contributed by atoms with van der Waals surface area (Å²) in [6, 6.07) is 17.2. The van der Waals surface area contributed by atoms with Gasteiger partial charge >= 0.3 is 6.09 Å². The Morgan fingerprint density at radius 3 is 2.92 bits per heavy atom. The van der Waals surface area contributed by atoms with Crippen molar-refractivity contribution in [3.8, 4) is 22.9 Å². The van der Waals surface area contributed by atoms with Crippen molar-refractivity contribution in [2.24, 2.45) is 5.73 Å². The first-order valence-corrected chi connectivity index (χ1v) is 12.1. The fourth-order valence-corrected chi connectivity index (χ4v) is 4.12. The predicted octanol–water partition coefficient (Wildman–Crippen LogP) is 2.32. The van der Waals surface area contributed by atoms with Crippen LogP contribution in [0.4, 0.5) is 16.4 Å². The molecule has 2 amide bonds. The molecule has 0 bridgehead atoms. The van der Waals surface area contributed by atoms with Gasteiger partial charge in [-0.3, -0.25) is 9.69 Å². The van der Waals surface area contributed by atoms with Gasteiger partial charge in [-0.1, -0.05) is 24.3 Å². The highest BCUT2D eigenvalue weighted by Crippen LogP contribution is 2.30. The van der Waals surface area contributed by atoms with E-state index < -0.39 is 6.09 Å². The van der Waals surface area contributed by atoms with Gasteiger partial charge in [-0.2, -0.15) is 0 Å². The van der Waals surface area contributed by atoms with Crippen LogP contribution in [-0.4, -0.2) is 60.9 Å². The third-order valence-corrected chi connectivity index (χ3v) is 5.90. The number of nitrogens with zero attached hydrogens (tertiary/aromatic N) is 3. The fraction of sp³-hybridized carbons (Fsp3) is 0.308. The Labute approximate surface area is 213 Å². The van der Waals surface area contributed by atoms with E-state index in [4.69, 9.17) is 19.9 Å². The van der Waals surface area contributed by atoms with Crippen molar-refractivity contribution in [2.75, 3.05) is 43.1 Å². The number of pyridine rings is 2. The molecule has 5 rings (SSSR count). The van der Waals surface area contributed by atoms with E-state index in [9.17, 15) is 9.59 Å². The summed E-state index contributed by atoms with van der Waals surface area (Å²) < 4.78 is 16.4. The number of aromatic nitrogens is 2. The maximum atomic E-state index is 12.4. The van der Waals surface area contributed by atoms with Gasteiger partial charge in [0.05, 0.1) is 12.2 Å². The van der Waals surface area contributed by atoms with Gasteiger partial charge in [-0.25, -0.2) is 14.8 Å². The highest BCUT2D eigenvalue weighted by molar-refractivity contribution is 5.95. The summed E-state index contributed by atoms with van der Waals surface area (Å²) in [5.74, 6) is 1.46. The summed E-state index contributed by atoms with van der Waals surface area (Å²) in [5, 5.41) is 6.07. The number of anilines is 2. The number of fused-ring (bicyclic) bond motifs is 1. The zero-order valence-electron chi connectivity index (χ0n) is 20.2. The highest BCUT2D eigenvalue weighted by Gasteiger charge is 2.33. The minimum atomic E-state index is -0.460. The van der Waals surface area contributed by atoms with E-state index in [0.29, 0.717) is 62.5 Å². The first-order chi connectivity index (χ1) is 18.1. The molecule has 4 heterocycles. The van der Waals surface area contributed by atoms with Gasteiger partial charge in [0.1, 0.15) is 18.5 Å². The summed E-state index contributed by atoms with van der Waals surface area (Å²) in [6.45, 7) is 2.51. The van der Waals surface area contributed by atoms with Crippen molar-refractivity contribution in [3.05, 3.63) is 60.2 Å². The maximum absolute atomic E-state index is 12.4. The molecule has 0 aliphatic carbocycles. The first-order valence-electron chi connectivity index (χ1n) is 12.1. The van der Waals surface area contributed by atoms with Gasteiger partial charge in [0.2, 0.25) is 5.88 Å². The van der Waals surface area contributed by atoms with Crippen LogP contribution >= 0.6 is 0 Å². The second-order valence-electron chi connectivity index (χ2n) is 8.63. The van der Waals surface area contributed by atoms with Crippen LogP contribution in [0, 0.1) is 0 Å². The molecule has 0 spiro atoms. The summed E-state index contributed by atoms with van der Waals surface area (Å²) >= 11 is 0. The second kappa shape index (κ2) is 11.2. The average molecular weight is 505 g/mol. The topological polar surface area (TPSA) is 141 Å². The van der Waals surface area contributed by atoms with Crippen molar-refractivity contribution in [1.29, 1.82) is 0 Å². The Balaban J connectivity index is 1.12. The van der Waals surface area contributed by atoms with Crippen LogP contribution in [-0.2, 0) is 16.1 Å². The number of ether oxygens (including phenoxy) is 3. The number of amides is 2. The van der Waals surface area contributed by atoms with Gasteiger partial charge in [0.25, 0.3) is 5.91 Å². The second-order valence-corrected chi connectivity index (χ2v) is 8.63. The van der Waals surface area contributed by atoms with Crippen molar-refractivity contribution >= 4 is 23.6 Å². The Hall–Kier alpha value is -4.22. The number of cyclic esters (lactones) is 1. The lowest BCUT2D eigenvalue weighted by Gasteiger charge is -2.19. The molecule has 11 heteroatoms. The van der Waals surface area contributed by atoms with Crippen LogP contribution in [0.3, 0.4) is 0 Å². The summed E-state index contributed by atoms with van der Waals surface area (Å²) in [5.41, 5.74) is 8.44. The van der Waals surface area contributed by atoms with Gasteiger partial charge < -0.3 is 30.6 Å². The molecule has 0 radical (unpaired) electrons. The van der Waals surface area contributed by atoms with Crippen LogP contribution in [0.15, 0.2) is 54.6 Å². The van der Waals surface area contributed by atoms with Crippen molar-refractivity contribution < 1.29 is 23.8 Å². The molecule has 0 saturated carbocycles. The van der Waals surface area contributed by atoms with Gasteiger partial charge in [0.15, 0.2) is 18.2 Å². The van der Waals surface area contributed by atoms with Crippen molar-refractivity contribution in [2.45, 2.75) is 19.1 Å². The first kappa shape index (κ1) is 24.5. The number of carbonyl (C=O) groups is 2. The number of hydrogen-bond acceptors (Lipinski definition) is 9. The molecule has 4 N–H and O–H groups in total. The van der Waals surface area contributed by atoms with E-state index in [1.807, 2.05) is 36.4 Å². The standard InChI is InChI=1S/C26H28N6O5/c27-10-12-35-24-6-2-5-20(29-24)18-4-1-3-17(13-18)14-28-11-9-19-15-32(26(34)37-19)22-8-7-21-25(30-22)31-23(33)16-36-21/h1-8,13,19,28H,9-12,14-16,27H2,(H,30,31,33). The molecule has 3 aromatic rings. The zero-order chi connectivity index (χ0) is 25.6. The molecule has 1 saturated heterocycles. The van der Waals surface area contributed by atoms with Crippen LogP contribution in [0.5, 0.6) is 11.6 Å². The van der Waals surface area contributed by atoms with E-state index >= 15 is 0 Å². The van der Waals surface area contributed by atoms with Crippen molar-refractivity contribution in [3.63, 3.8) is 0 Å². The Morgan fingerprint density at radius 2 is 2.03 bits per heavy atom. The summed E-state index contributed by atoms with van der Waals surface area (Å²) in [6.07, 6.45) is -0.0803. The quantitative estimate of drug-likeness (QED) is 0.355. The monoisotopic (exact) mass is 504 g/mol. The number of rotatable bonds is 10. The number of nitrogens with two attached hydrogens (primary N) is 1. The average Bonchev–Trinajstić information content (AvgIpc) is 3.30. The van der Waals surface area contributed by atoms with Gasteiger partial charge in [-0.15, -0.1) is 0 Å². The van der Waals surface area contributed by atoms with Crippen LogP contribution in [0.1, 0.15) is 12.0 Å². The summed E-state index contributed by atoms with van der Waals surface area (Å²) in [7, 11) is 0. The normalized spacial score (nSPS) is 16.6. The van der Waals surface area contributed by atoms with E-state index in [2.05, 4.69) is 26.7 Å². The third-order valence-electron chi connectivity index (χ3n) is 5.90.